The van der Waals surface area contributed by atoms with Gasteiger partial charge in [-0.05, 0) is 35.9 Å². The molecular formula is C15H14N2O3. The number of hydrogen-bond donors (Lipinski definition) is 1. The van der Waals surface area contributed by atoms with Gasteiger partial charge in [0.05, 0.1) is 7.11 Å². The molecule has 0 saturated heterocycles. The zero-order chi connectivity index (χ0) is 14.5. The number of nitrogens with zero attached hydrogens (tertiary/aromatic N) is 1. The quantitative estimate of drug-likeness (QED) is 0.862. The Bertz CT molecular complexity index is 639. The largest absolute Gasteiger partial charge is 0.494 e. The third-order valence-corrected chi connectivity index (χ3v) is 2.91. The average molecular weight is 270 g/mol. The van der Waals surface area contributed by atoms with E-state index in [1.54, 1.807) is 43.3 Å². The summed E-state index contributed by atoms with van der Waals surface area (Å²) in [6, 6.07) is 12.0. The summed E-state index contributed by atoms with van der Waals surface area (Å²) in [7, 11) is 1.45. The third-order valence-electron chi connectivity index (χ3n) is 2.91. The van der Waals surface area contributed by atoms with E-state index in [4.69, 9.17) is 4.74 Å². The van der Waals surface area contributed by atoms with E-state index in [1.165, 1.54) is 7.11 Å². The van der Waals surface area contributed by atoms with E-state index in [1.807, 2.05) is 6.07 Å². The number of hydrogen-bond acceptors (Lipinski definition) is 4. The minimum Gasteiger partial charge on any atom is -0.494 e. The maximum Gasteiger partial charge on any atom is 0.255 e. The zero-order valence-electron chi connectivity index (χ0n) is 11.2. The molecule has 2 aromatic rings. The molecule has 0 spiro atoms. The van der Waals surface area contributed by atoms with Crippen molar-refractivity contribution in [2.45, 2.75) is 6.92 Å². The van der Waals surface area contributed by atoms with Crippen LogP contribution in [0.4, 0.5) is 11.4 Å². The molecule has 5 heteroatoms. The molecular weight excluding hydrogens is 256 g/mol. The first kappa shape index (κ1) is 13.7. The highest BCUT2D eigenvalue weighted by Crippen LogP contribution is 2.33. The van der Waals surface area contributed by atoms with Crippen LogP contribution in [-0.4, -0.2) is 13.0 Å². The van der Waals surface area contributed by atoms with Crippen molar-refractivity contribution in [2.75, 3.05) is 12.4 Å². The Hall–Kier alpha value is -2.69. The molecule has 2 rings (SSSR count). The van der Waals surface area contributed by atoms with Gasteiger partial charge in [-0.25, -0.2) is 0 Å². The molecule has 0 bridgehead atoms. The lowest BCUT2D eigenvalue weighted by Gasteiger charge is -2.11. The molecule has 1 amide bonds. The van der Waals surface area contributed by atoms with Gasteiger partial charge in [-0.3, -0.25) is 4.79 Å². The Labute approximate surface area is 116 Å². The van der Waals surface area contributed by atoms with Crippen LogP contribution in [-0.2, 0) is 0 Å². The van der Waals surface area contributed by atoms with Gasteiger partial charge in [-0.15, -0.1) is 4.91 Å². The maximum absolute atomic E-state index is 12.1. The molecule has 0 saturated carbocycles. The predicted molar refractivity (Wildman–Crippen MR) is 77.6 cm³/mol. The summed E-state index contributed by atoms with van der Waals surface area (Å²) >= 11 is 0. The number of benzene rings is 2. The Morgan fingerprint density at radius 1 is 1.20 bits per heavy atom. The number of rotatable bonds is 4. The van der Waals surface area contributed by atoms with E-state index in [0.29, 0.717) is 17.0 Å². The van der Waals surface area contributed by atoms with Crippen molar-refractivity contribution in [2.24, 2.45) is 5.18 Å². The molecule has 5 nitrogen and oxygen atoms in total. The van der Waals surface area contributed by atoms with Crippen LogP contribution in [0.5, 0.6) is 5.75 Å². The number of amides is 1. The number of methoxy groups -OCH3 is 1. The van der Waals surface area contributed by atoms with Gasteiger partial charge < -0.3 is 10.1 Å². The number of nitrogens with one attached hydrogen (secondary N) is 1. The zero-order valence-corrected chi connectivity index (χ0v) is 11.2. The smallest absolute Gasteiger partial charge is 0.255 e. The van der Waals surface area contributed by atoms with Crippen molar-refractivity contribution >= 4 is 17.3 Å². The van der Waals surface area contributed by atoms with Crippen LogP contribution in [0.15, 0.2) is 47.6 Å². The van der Waals surface area contributed by atoms with Crippen LogP contribution in [0.3, 0.4) is 0 Å². The summed E-state index contributed by atoms with van der Waals surface area (Å²) in [5, 5.41) is 5.68. The molecule has 0 aromatic heterocycles. The van der Waals surface area contributed by atoms with Gasteiger partial charge in [0.25, 0.3) is 5.91 Å². The molecule has 0 fully saturated rings. The Morgan fingerprint density at radius 2 is 1.90 bits per heavy atom. The molecule has 0 unspecified atom stereocenters. The van der Waals surface area contributed by atoms with E-state index in [0.717, 1.165) is 5.56 Å². The first-order chi connectivity index (χ1) is 9.65. The molecule has 0 heterocycles. The second-order valence-electron chi connectivity index (χ2n) is 4.25. The van der Waals surface area contributed by atoms with E-state index in [2.05, 4.69) is 10.5 Å². The summed E-state index contributed by atoms with van der Waals surface area (Å²) in [4.78, 5) is 22.8. The monoisotopic (exact) mass is 270 g/mol. The van der Waals surface area contributed by atoms with E-state index in [9.17, 15) is 9.70 Å². The topological polar surface area (TPSA) is 67.8 Å². The fraction of sp³-hybridized carbons (Fsp3) is 0.133. The van der Waals surface area contributed by atoms with Gasteiger partial charge in [0.15, 0.2) is 0 Å². The standard InChI is InChI=1S/C15H14N2O3/c1-10-8-13(17-19)14(20-2)9-12(10)16-15(18)11-6-4-3-5-7-11/h3-9H,1-2H3,(H,16,18). The SMILES string of the molecule is COc1cc(NC(=O)c2ccccc2)c(C)cc1N=O. The molecule has 1 N–H and O–H groups in total. The van der Waals surface area contributed by atoms with E-state index >= 15 is 0 Å². The molecule has 0 aliphatic carbocycles. The fourth-order valence-corrected chi connectivity index (χ4v) is 1.83. The Kier molecular flexibility index (Phi) is 4.10. The first-order valence-electron chi connectivity index (χ1n) is 6.04. The number of ether oxygens (including phenoxy) is 1. The highest BCUT2D eigenvalue weighted by molar-refractivity contribution is 6.04. The molecule has 2 aromatic carbocycles. The number of anilines is 1. The van der Waals surface area contributed by atoms with Crippen molar-refractivity contribution in [3.63, 3.8) is 0 Å². The minimum atomic E-state index is -0.220. The lowest BCUT2D eigenvalue weighted by Crippen LogP contribution is -2.12. The van der Waals surface area contributed by atoms with Crippen LogP contribution in [0.2, 0.25) is 0 Å². The number of carbonyl (C=O) groups is 1. The van der Waals surface area contributed by atoms with Gasteiger partial charge in [-0.1, -0.05) is 18.2 Å². The molecule has 0 aliphatic heterocycles. The lowest BCUT2D eigenvalue weighted by molar-refractivity contribution is 0.102. The van der Waals surface area contributed by atoms with Gasteiger partial charge in [0, 0.05) is 17.3 Å². The normalized spacial score (nSPS) is 9.90. The number of nitroso groups, excluding NO2 is 1. The van der Waals surface area contributed by atoms with Gasteiger partial charge in [0.1, 0.15) is 11.4 Å². The van der Waals surface area contributed by atoms with Crippen molar-refractivity contribution < 1.29 is 9.53 Å². The number of aryl methyl sites for hydroxylation is 1. The van der Waals surface area contributed by atoms with Crippen LogP contribution >= 0.6 is 0 Å². The van der Waals surface area contributed by atoms with E-state index < -0.39 is 0 Å². The summed E-state index contributed by atoms with van der Waals surface area (Å²) in [6.45, 7) is 1.79. The highest BCUT2D eigenvalue weighted by Gasteiger charge is 2.12. The second kappa shape index (κ2) is 5.97. The van der Waals surface area contributed by atoms with Crippen molar-refractivity contribution in [1.29, 1.82) is 0 Å². The molecule has 0 atom stereocenters. The predicted octanol–water partition coefficient (Wildman–Crippen LogP) is 3.65. The van der Waals surface area contributed by atoms with Crippen LogP contribution in [0.1, 0.15) is 15.9 Å². The molecule has 0 aliphatic rings. The van der Waals surface area contributed by atoms with Crippen molar-refractivity contribution in [3.05, 3.63) is 58.5 Å². The molecule has 0 radical (unpaired) electrons. The molecule has 20 heavy (non-hydrogen) atoms. The highest BCUT2D eigenvalue weighted by atomic mass is 16.5. The Morgan fingerprint density at radius 3 is 2.50 bits per heavy atom. The average Bonchev–Trinajstić information content (AvgIpc) is 2.49. The van der Waals surface area contributed by atoms with Gasteiger partial charge in [0.2, 0.25) is 0 Å². The van der Waals surface area contributed by atoms with E-state index in [-0.39, 0.29) is 11.6 Å². The van der Waals surface area contributed by atoms with Crippen LogP contribution < -0.4 is 10.1 Å². The molecule has 102 valence electrons. The van der Waals surface area contributed by atoms with Crippen LogP contribution in [0.25, 0.3) is 0 Å². The lowest BCUT2D eigenvalue weighted by atomic mass is 10.1. The number of carbonyl (C=O) groups excluding carboxylic acids is 1. The summed E-state index contributed by atoms with van der Waals surface area (Å²) in [5.74, 6) is 0.108. The van der Waals surface area contributed by atoms with Gasteiger partial charge >= 0.3 is 0 Å². The summed E-state index contributed by atoms with van der Waals surface area (Å²) in [6.07, 6.45) is 0. The maximum atomic E-state index is 12.1. The van der Waals surface area contributed by atoms with Gasteiger partial charge in [-0.2, -0.15) is 0 Å². The van der Waals surface area contributed by atoms with Crippen molar-refractivity contribution in [3.8, 4) is 5.75 Å². The summed E-state index contributed by atoms with van der Waals surface area (Å²) < 4.78 is 5.07. The third kappa shape index (κ3) is 2.83. The van der Waals surface area contributed by atoms with Crippen LogP contribution in [0, 0.1) is 11.8 Å². The fourth-order valence-electron chi connectivity index (χ4n) is 1.83. The Balaban J connectivity index is 2.30. The minimum absolute atomic E-state index is 0.211. The summed E-state index contributed by atoms with van der Waals surface area (Å²) in [5.41, 5.74) is 2.10. The second-order valence-corrected chi connectivity index (χ2v) is 4.25. The van der Waals surface area contributed by atoms with Crippen molar-refractivity contribution in [1.82, 2.24) is 0 Å². The first-order valence-corrected chi connectivity index (χ1v) is 6.04.